The average Bonchev–Trinajstić information content (AvgIpc) is 3.26. The Hall–Kier alpha value is -1.57. The summed E-state index contributed by atoms with van der Waals surface area (Å²) in [5, 5.41) is 0. The zero-order valence-electron chi connectivity index (χ0n) is 23.5. The van der Waals surface area contributed by atoms with Crippen molar-refractivity contribution in [3.8, 4) is 0 Å². The normalized spacial score (nSPS) is 11.4. The third-order valence-electron chi connectivity index (χ3n) is 7.55. The van der Waals surface area contributed by atoms with Crippen LogP contribution in [0.2, 0.25) is 0 Å². The van der Waals surface area contributed by atoms with E-state index in [1.165, 1.54) is 141 Å². The van der Waals surface area contributed by atoms with Gasteiger partial charge in [0.15, 0.2) is 0 Å². The Kier molecular flexibility index (Phi) is 17.5. The van der Waals surface area contributed by atoms with Gasteiger partial charge in [-0.3, -0.25) is 0 Å². The maximum Gasteiger partial charge on any atom is 0.256 e. The molecule has 198 valence electrons. The second kappa shape index (κ2) is 20.6. The summed E-state index contributed by atoms with van der Waals surface area (Å²) >= 11 is 0. The minimum Gasteiger partial charge on any atom is -0.234 e. The summed E-state index contributed by atoms with van der Waals surface area (Å²) in [5.41, 5.74) is 1.46. The van der Waals surface area contributed by atoms with E-state index in [4.69, 9.17) is 0 Å². The van der Waals surface area contributed by atoms with Crippen LogP contribution in [0.5, 0.6) is 0 Å². The predicted octanol–water partition coefficient (Wildman–Crippen LogP) is 9.62. The van der Waals surface area contributed by atoms with Gasteiger partial charge < -0.3 is 0 Å². The maximum absolute atomic E-state index is 2.58. The van der Waals surface area contributed by atoms with Crippen LogP contribution in [0.3, 0.4) is 0 Å². The van der Waals surface area contributed by atoms with Crippen LogP contribution in [0.1, 0.15) is 141 Å². The number of benzene rings is 1. The number of aryl methyl sites for hydroxylation is 3. The highest BCUT2D eigenvalue weighted by Gasteiger charge is 2.16. The fourth-order valence-corrected chi connectivity index (χ4v) is 5.30. The maximum atomic E-state index is 2.58. The molecule has 1 aromatic heterocycles. The second-order valence-electron chi connectivity index (χ2n) is 10.7. The molecule has 2 nitrogen and oxygen atoms in total. The Bertz CT molecular complexity index is 718. The van der Waals surface area contributed by atoms with Gasteiger partial charge in [-0.15, -0.1) is 0 Å². The van der Waals surface area contributed by atoms with Gasteiger partial charge in [-0.1, -0.05) is 134 Å². The lowest BCUT2D eigenvalue weighted by atomic mass is 10.1. The number of imidazole rings is 1. The lowest BCUT2D eigenvalue weighted by molar-refractivity contribution is -0.704. The summed E-state index contributed by atoms with van der Waals surface area (Å²) in [5.74, 6) is 1.57. The summed E-state index contributed by atoms with van der Waals surface area (Å²) in [6.45, 7) is 6.95. The Morgan fingerprint density at radius 3 is 1.71 bits per heavy atom. The molecular formula is C33H57N2+. The minimum atomic E-state index is 1.14. The number of nitrogens with zero attached hydrogens (tertiary/aromatic N) is 2. The molecule has 0 saturated heterocycles. The van der Waals surface area contributed by atoms with Gasteiger partial charge in [-0.2, -0.15) is 0 Å². The van der Waals surface area contributed by atoms with Crippen LogP contribution in [0.15, 0.2) is 42.7 Å². The molecule has 1 heterocycles. The fraction of sp³-hybridized carbons (Fsp3) is 0.727. The first-order chi connectivity index (χ1) is 17.3. The van der Waals surface area contributed by atoms with Crippen molar-refractivity contribution in [2.45, 2.75) is 155 Å². The van der Waals surface area contributed by atoms with E-state index in [0.29, 0.717) is 0 Å². The van der Waals surface area contributed by atoms with Crippen molar-refractivity contribution in [2.24, 2.45) is 0 Å². The molecule has 0 spiro atoms. The van der Waals surface area contributed by atoms with Crippen LogP contribution in [0.4, 0.5) is 0 Å². The summed E-state index contributed by atoms with van der Waals surface area (Å²) in [7, 11) is 0. The van der Waals surface area contributed by atoms with Crippen LogP contribution in [-0.2, 0) is 25.9 Å². The SMILES string of the molecule is CCCCCCCCCCCCCc1n(CCCCCCCC)cc[n+]1CCCc1ccccc1. The summed E-state index contributed by atoms with van der Waals surface area (Å²) in [4.78, 5) is 0. The summed E-state index contributed by atoms with van der Waals surface area (Å²) in [6.07, 6.45) is 32.2. The third kappa shape index (κ3) is 13.9. The molecule has 2 heteroatoms. The molecule has 0 fully saturated rings. The van der Waals surface area contributed by atoms with Crippen molar-refractivity contribution >= 4 is 0 Å². The monoisotopic (exact) mass is 481 g/mol. The predicted molar refractivity (Wildman–Crippen MR) is 153 cm³/mol. The van der Waals surface area contributed by atoms with E-state index in [0.717, 1.165) is 6.54 Å². The van der Waals surface area contributed by atoms with Crippen LogP contribution in [-0.4, -0.2) is 4.57 Å². The lowest BCUT2D eigenvalue weighted by Gasteiger charge is -2.07. The van der Waals surface area contributed by atoms with E-state index in [9.17, 15) is 0 Å². The smallest absolute Gasteiger partial charge is 0.234 e. The van der Waals surface area contributed by atoms with Gasteiger partial charge in [0.05, 0.1) is 13.1 Å². The molecule has 2 aromatic rings. The van der Waals surface area contributed by atoms with Gasteiger partial charge in [-0.05, 0) is 37.7 Å². The molecule has 0 unspecified atom stereocenters. The number of hydrogen-bond acceptors (Lipinski definition) is 0. The van der Waals surface area contributed by atoms with Crippen LogP contribution >= 0.6 is 0 Å². The highest BCUT2D eigenvalue weighted by atomic mass is 15.1. The standard InChI is InChI=1S/C33H57N2/c1-3-5-7-9-11-12-13-14-15-16-21-27-33-34(28-22-17-10-8-6-4-2)30-31-35(33)29-23-26-32-24-19-18-20-25-32/h18-20,24-25,30-31H,3-17,21-23,26-29H2,1-2H3/q+1. The van der Waals surface area contributed by atoms with Crippen molar-refractivity contribution in [3.05, 3.63) is 54.1 Å². The molecule has 1 aromatic carbocycles. The Morgan fingerprint density at radius 1 is 0.571 bits per heavy atom. The highest BCUT2D eigenvalue weighted by molar-refractivity contribution is 5.14. The number of hydrogen-bond donors (Lipinski definition) is 0. The van der Waals surface area contributed by atoms with E-state index in [-0.39, 0.29) is 0 Å². The van der Waals surface area contributed by atoms with Crippen molar-refractivity contribution < 1.29 is 4.57 Å². The lowest BCUT2D eigenvalue weighted by Crippen LogP contribution is -2.37. The molecule has 0 amide bonds. The van der Waals surface area contributed by atoms with E-state index in [1.54, 1.807) is 5.82 Å². The van der Waals surface area contributed by atoms with Gasteiger partial charge in [0.1, 0.15) is 12.4 Å². The van der Waals surface area contributed by atoms with Crippen molar-refractivity contribution in [1.29, 1.82) is 0 Å². The third-order valence-corrected chi connectivity index (χ3v) is 7.55. The van der Waals surface area contributed by atoms with E-state index >= 15 is 0 Å². The number of rotatable bonds is 23. The van der Waals surface area contributed by atoms with Crippen LogP contribution in [0.25, 0.3) is 0 Å². The molecule has 0 aliphatic rings. The van der Waals surface area contributed by atoms with Crippen molar-refractivity contribution in [3.63, 3.8) is 0 Å². The van der Waals surface area contributed by atoms with Crippen molar-refractivity contribution in [2.75, 3.05) is 0 Å². The molecule has 0 bridgehead atoms. The van der Waals surface area contributed by atoms with Gasteiger partial charge >= 0.3 is 0 Å². The molecule has 0 atom stereocenters. The average molecular weight is 482 g/mol. The van der Waals surface area contributed by atoms with Crippen molar-refractivity contribution in [1.82, 2.24) is 4.57 Å². The van der Waals surface area contributed by atoms with Crippen LogP contribution < -0.4 is 4.57 Å². The quantitative estimate of drug-likeness (QED) is 0.110. The molecule has 0 N–H and O–H groups in total. The summed E-state index contributed by atoms with van der Waals surface area (Å²) < 4.78 is 5.15. The molecule has 0 aliphatic carbocycles. The zero-order chi connectivity index (χ0) is 24.8. The molecule has 0 saturated carbocycles. The van der Waals surface area contributed by atoms with E-state index in [2.05, 4.69) is 65.7 Å². The van der Waals surface area contributed by atoms with Gasteiger partial charge in [-0.25, -0.2) is 9.13 Å². The first-order valence-electron chi connectivity index (χ1n) is 15.5. The van der Waals surface area contributed by atoms with E-state index < -0.39 is 0 Å². The largest absolute Gasteiger partial charge is 0.256 e. The Labute approximate surface area is 218 Å². The first-order valence-corrected chi connectivity index (χ1v) is 15.5. The van der Waals surface area contributed by atoms with Gasteiger partial charge in [0, 0.05) is 6.42 Å². The topological polar surface area (TPSA) is 8.81 Å². The second-order valence-corrected chi connectivity index (χ2v) is 10.7. The molecule has 0 aliphatic heterocycles. The van der Waals surface area contributed by atoms with E-state index in [1.807, 2.05) is 0 Å². The number of aromatic nitrogens is 2. The molecule has 35 heavy (non-hydrogen) atoms. The van der Waals surface area contributed by atoms with Gasteiger partial charge in [0.2, 0.25) is 0 Å². The first kappa shape index (κ1) is 29.7. The minimum absolute atomic E-state index is 1.14. The highest BCUT2D eigenvalue weighted by Crippen LogP contribution is 2.14. The fourth-order valence-electron chi connectivity index (χ4n) is 5.30. The zero-order valence-corrected chi connectivity index (χ0v) is 23.5. The molecule has 0 radical (unpaired) electrons. The molecular weight excluding hydrogens is 424 g/mol. The Morgan fingerprint density at radius 2 is 1.11 bits per heavy atom. The van der Waals surface area contributed by atoms with Crippen LogP contribution in [0, 0.1) is 0 Å². The summed E-state index contributed by atoms with van der Waals surface area (Å²) in [6, 6.07) is 11.0. The van der Waals surface area contributed by atoms with Gasteiger partial charge in [0.25, 0.3) is 5.82 Å². The number of unbranched alkanes of at least 4 members (excludes halogenated alkanes) is 15. The Balaban J connectivity index is 1.72. The molecule has 2 rings (SSSR count).